The summed E-state index contributed by atoms with van der Waals surface area (Å²) < 4.78 is 22.7. The van der Waals surface area contributed by atoms with Crippen LogP contribution in [0, 0.1) is 0 Å². The minimum absolute atomic E-state index is 0.0653. The average Bonchev–Trinajstić information content (AvgIpc) is 2.76. The number of rotatable bonds is 3. The van der Waals surface area contributed by atoms with E-state index in [0.29, 0.717) is 6.54 Å². The van der Waals surface area contributed by atoms with Crippen LogP contribution in [0.5, 0.6) is 0 Å². The van der Waals surface area contributed by atoms with E-state index in [4.69, 9.17) is 0 Å². The molecule has 2 aliphatic rings. The highest BCUT2D eigenvalue weighted by molar-refractivity contribution is 7.94. The van der Waals surface area contributed by atoms with Gasteiger partial charge in [0.2, 0.25) is 0 Å². The second-order valence-corrected chi connectivity index (χ2v) is 7.06. The number of hydrogen-bond acceptors (Lipinski definition) is 4. The molecule has 0 radical (unpaired) electrons. The lowest BCUT2D eigenvalue weighted by Gasteiger charge is -2.22. The quantitative estimate of drug-likeness (QED) is 0.878. The van der Waals surface area contributed by atoms with Gasteiger partial charge in [-0.05, 0) is 24.0 Å². The summed E-state index contributed by atoms with van der Waals surface area (Å²) in [5.74, 6) is 0.176. The van der Waals surface area contributed by atoms with E-state index < -0.39 is 9.84 Å². The summed E-state index contributed by atoms with van der Waals surface area (Å²) in [5.41, 5.74) is 3.81. The van der Waals surface area contributed by atoms with Crippen LogP contribution in [0.2, 0.25) is 0 Å². The van der Waals surface area contributed by atoms with Crippen LogP contribution >= 0.6 is 0 Å². The number of aryl methyl sites for hydroxylation is 1. The van der Waals surface area contributed by atoms with Crippen molar-refractivity contribution in [1.82, 2.24) is 5.32 Å². The normalized spacial score (nSPS) is 23.9. The molecule has 0 spiro atoms. The van der Waals surface area contributed by atoms with Gasteiger partial charge in [0, 0.05) is 30.2 Å². The van der Waals surface area contributed by atoms with Crippen LogP contribution in [0.1, 0.15) is 17.5 Å². The zero-order chi connectivity index (χ0) is 13.3. The lowest BCUT2D eigenvalue weighted by Crippen LogP contribution is -2.30. The van der Waals surface area contributed by atoms with Crippen molar-refractivity contribution >= 4 is 15.5 Å². The Hall–Kier alpha value is -1.33. The maximum absolute atomic E-state index is 11.3. The monoisotopic (exact) mass is 278 g/mol. The van der Waals surface area contributed by atoms with Crippen LogP contribution in [0.4, 0.5) is 5.69 Å². The maximum Gasteiger partial charge on any atom is 0.173 e. The lowest BCUT2D eigenvalue weighted by molar-refractivity contribution is 0.590. The molecule has 102 valence electrons. The smallest absolute Gasteiger partial charge is 0.173 e. The minimum Gasteiger partial charge on any atom is -0.385 e. The molecule has 1 atom stereocenters. The van der Waals surface area contributed by atoms with Gasteiger partial charge in [-0.2, -0.15) is 0 Å². The highest BCUT2D eigenvalue weighted by Crippen LogP contribution is 2.26. The topological polar surface area (TPSA) is 58.2 Å². The first-order valence-electron chi connectivity index (χ1n) is 6.63. The van der Waals surface area contributed by atoms with E-state index in [0.717, 1.165) is 13.0 Å². The summed E-state index contributed by atoms with van der Waals surface area (Å²) in [6.45, 7) is 1.71. The third kappa shape index (κ3) is 2.82. The van der Waals surface area contributed by atoms with Crippen LogP contribution in [0.25, 0.3) is 0 Å². The molecule has 0 aromatic heterocycles. The van der Waals surface area contributed by atoms with Gasteiger partial charge in [0.05, 0.1) is 5.75 Å². The first-order chi connectivity index (χ1) is 9.14. The van der Waals surface area contributed by atoms with Gasteiger partial charge in [-0.3, -0.25) is 0 Å². The molecule has 1 aromatic carbocycles. The van der Waals surface area contributed by atoms with E-state index in [1.54, 1.807) is 6.08 Å². The van der Waals surface area contributed by atoms with Crippen molar-refractivity contribution < 1.29 is 8.42 Å². The number of benzene rings is 1. The predicted molar refractivity (Wildman–Crippen MR) is 76.8 cm³/mol. The Labute approximate surface area is 113 Å². The third-order valence-electron chi connectivity index (χ3n) is 3.65. The molecular formula is C14H18N2O2S. The van der Waals surface area contributed by atoms with E-state index in [9.17, 15) is 8.42 Å². The molecule has 0 aliphatic carbocycles. The van der Waals surface area contributed by atoms with Gasteiger partial charge in [0.15, 0.2) is 9.84 Å². The summed E-state index contributed by atoms with van der Waals surface area (Å²) in [7, 11) is -2.98. The molecule has 19 heavy (non-hydrogen) atoms. The number of anilines is 1. The third-order valence-corrected chi connectivity index (χ3v) is 5.04. The first kappa shape index (κ1) is 12.7. The van der Waals surface area contributed by atoms with Crippen LogP contribution in [0.15, 0.2) is 29.7 Å². The molecule has 0 saturated carbocycles. The van der Waals surface area contributed by atoms with Gasteiger partial charge in [-0.25, -0.2) is 8.42 Å². The van der Waals surface area contributed by atoms with Crippen LogP contribution in [0.3, 0.4) is 0 Å². The van der Waals surface area contributed by atoms with Gasteiger partial charge in [-0.1, -0.05) is 24.3 Å². The Kier molecular flexibility index (Phi) is 3.33. The van der Waals surface area contributed by atoms with Crippen LogP contribution in [-0.4, -0.2) is 26.8 Å². The van der Waals surface area contributed by atoms with Crippen molar-refractivity contribution in [3.63, 3.8) is 0 Å². The first-order valence-corrected chi connectivity index (χ1v) is 8.34. The average molecular weight is 278 g/mol. The fourth-order valence-corrected chi connectivity index (χ4v) is 3.94. The molecule has 0 amide bonds. The second-order valence-electron chi connectivity index (χ2n) is 5.13. The zero-order valence-corrected chi connectivity index (χ0v) is 11.5. The summed E-state index contributed by atoms with van der Waals surface area (Å²) in [6, 6.07) is 6.26. The Balaban J connectivity index is 1.69. The molecule has 1 unspecified atom stereocenters. The minimum atomic E-state index is -2.98. The second kappa shape index (κ2) is 4.98. The standard InChI is InChI=1S/C14H18N2O2S/c17-19(18)8-6-13(10-19)16-9-12-4-1-3-11-5-2-7-15-14(11)12/h1,3-4,6,8,13,15-16H,2,5,7,9-10H2. The van der Waals surface area contributed by atoms with Crippen LogP contribution < -0.4 is 10.6 Å². The van der Waals surface area contributed by atoms with Crippen molar-refractivity contribution in [2.75, 3.05) is 17.6 Å². The number of sulfone groups is 1. The molecule has 0 fully saturated rings. The number of nitrogens with one attached hydrogen (secondary N) is 2. The molecule has 3 rings (SSSR count). The summed E-state index contributed by atoms with van der Waals surface area (Å²) in [5, 5.41) is 8.05. The van der Waals surface area contributed by atoms with Crippen molar-refractivity contribution in [3.05, 3.63) is 40.8 Å². The molecular weight excluding hydrogens is 260 g/mol. The molecule has 5 heteroatoms. The van der Waals surface area contributed by atoms with Gasteiger partial charge < -0.3 is 10.6 Å². The Morgan fingerprint density at radius 1 is 1.37 bits per heavy atom. The van der Waals surface area contributed by atoms with Crippen molar-refractivity contribution in [1.29, 1.82) is 0 Å². The van der Waals surface area contributed by atoms with Crippen LogP contribution in [-0.2, 0) is 22.8 Å². The van der Waals surface area contributed by atoms with Crippen molar-refractivity contribution in [3.8, 4) is 0 Å². The number of fused-ring (bicyclic) bond motifs is 1. The number of hydrogen-bond donors (Lipinski definition) is 2. The molecule has 1 aromatic rings. The van der Waals surface area contributed by atoms with E-state index >= 15 is 0 Å². The van der Waals surface area contributed by atoms with Crippen molar-refractivity contribution in [2.24, 2.45) is 0 Å². The Morgan fingerprint density at radius 3 is 3.05 bits per heavy atom. The van der Waals surface area contributed by atoms with E-state index in [-0.39, 0.29) is 11.8 Å². The highest BCUT2D eigenvalue weighted by Gasteiger charge is 2.21. The highest BCUT2D eigenvalue weighted by atomic mass is 32.2. The van der Waals surface area contributed by atoms with E-state index in [1.807, 2.05) is 0 Å². The molecule has 4 nitrogen and oxygen atoms in total. The Morgan fingerprint density at radius 2 is 2.26 bits per heavy atom. The predicted octanol–water partition coefficient (Wildman–Crippen LogP) is 1.44. The summed E-state index contributed by atoms with van der Waals surface area (Å²) in [6.07, 6.45) is 4.03. The SMILES string of the molecule is O=S1(=O)C=CC(NCc2cccc3c2NCCC3)C1. The van der Waals surface area contributed by atoms with Gasteiger partial charge >= 0.3 is 0 Å². The number of para-hydroxylation sites is 1. The van der Waals surface area contributed by atoms with Gasteiger partial charge in [0.25, 0.3) is 0 Å². The summed E-state index contributed by atoms with van der Waals surface area (Å²) in [4.78, 5) is 0. The Bertz CT molecular complexity index is 608. The molecule has 0 saturated heterocycles. The van der Waals surface area contributed by atoms with E-state index in [1.165, 1.54) is 28.6 Å². The van der Waals surface area contributed by atoms with E-state index in [2.05, 4.69) is 28.8 Å². The largest absolute Gasteiger partial charge is 0.385 e. The van der Waals surface area contributed by atoms with Gasteiger partial charge in [-0.15, -0.1) is 0 Å². The zero-order valence-electron chi connectivity index (χ0n) is 10.7. The fraction of sp³-hybridized carbons (Fsp3) is 0.429. The fourth-order valence-electron chi connectivity index (χ4n) is 2.67. The molecule has 2 aliphatic heterocycles. The van der Waals surface area contributed by atoms with Crippen molar-refractivity contribution in [2.45, 2.75) is 25.4 Å². The maximum atomic E-state index is 11.3. The van der Waals surface area contributed by atoms with Gasteiger partial charge in [0.1, 0.15) is 0 Å². The molecule has 2 heterocycles. The molecule has 2 N–H and O–H groups in total. The molecule has 0 bridgehead atoms. The summed E-state index contributed by atoms with van der Waals surface area (Å²) >= 11 is 0. The lowest BCUT2D eigenvalue weighted by atomic mass is 9.99.